The Labute approximate surface area is 147 Å². The van der Waals surface area contributed by atoms with Crippen molar-refractivity contribution >= 4 is 22.6 Å². The zero-order chi connectivity index (χ0) is 18.0. The first-order chi connectivity index (χ1) is 12.0. The van der Waals surface area contributed by atoms with E-state index in [1.807, 2.05) is 26.0 Å². The maximum Gasteiger partial charge on any atom is 0.342 e. The molecule has 1 aliphatic rings. The predicted octanol–water partition coefficient (Wildman–Crippen LogP) is 3.49. The van der Waals surface area contributed by atoms with Crippen LogP contribution >= 0.6 is 0 Å². The van der Waals surface area contributed by atoms with E-state index in [1.54, 1.807) is 23.1 Å². The van der Waals surface area contributed by atoms with Gasteiger partial charge in [0.2, 0.25) is 0 Å². The van der Waals surface area contributed by atoms with Crippen LogP contribution in [0.5, 0.6) is 5.75 Å². The Morgan fingerprint density at radius 1 is 1.12 bits per heavy atom. The summed E-state index contributed by atoms with van der Waals surface area (Å²) >= 11 is 0. The van der Waals surface area contributed by atoms with Crippen molar-refractivity contribution in [3.8, 4) is 5.75 Å². The number of carbonyl (C=O) groups excluding carboxylic acids is 2. The summed E-state index contributed by atoms with van der Waals surface area (Å²) in [5.74, 6) is -0.988. The summed E-state index contributed by atoms with van der Waals surface area (Å²) in [7, 11) is 0. The fourth-order valence-electron chi connectivity index (χ4n) is 3.61. The average molecular weight is 341 g/mol. The quantitative estimate of drug-likeness (QED) is 0.868. The van der Waals surface area contributed by atoms with Crippen LogP contribution in [0.15, 0.2) is 36.4 Å². The summed E-state index contributed by atoms with van der Waals surface area (Å²) in [6.07, 6.45) is 3.04. The number of likely N-dealkylation sites (tertiary alicyclic amines) is 1. The summed E-state index contributed by atoms with van der Waals surface area (Å²) in [5, 5.41) is 11.7. The lowest BCUT2D eigenvalue weighted by molar-refractivity contribution is -0.140. The Morgan fingerprint density at radius 2 is 1.80 bits per heavy atom. The molecular formula is C20H23NO4. The van der Waals surface area contributed by atoms with E-state index in [-0.39, 0.29) is 35.9 Å². The SMILES string of the molecule is C[C@H]1CCC[C@H](C)N1C(=O)COC(=O)c1ccc2ccccc2c1O. The lowest BCUT2D eigenvalue weighted by atomic mass is 9.97. The summed E-state index contributed by atoms with van der Waals surface area (Å²) in [6, 6.07) is 10.8. The molecule has 0 spiro atoms. The van der Waals surface area contributed by atoms with Crippen LogP contribution in [-0.4, -0.2) is 40.6 Å². The fraction of sp³-hybridized carbons (Fsp3) is 0.400. The minimum absolute atomic E-state index is 0.0752. The maximum atomic E-state index is 12.4. The second kappa shape index (κ2) is 7.13. The third-order valence-corrected chi connectivity index (χ3v) is 4.93. The van der Waals surface area contributed by atoms with E-state index in [1.165, 1.54) is 6.07 Å². The number of fused-ring (bicyclic) bond motifs is 1. The highest BCUT2D eigenvalue weighted by Crippen LogP contribution is 2.29. The number of benzene rings is 2. The first-order valence-electron chi connectivity index (χ1n) is 8.68. The molecule has 1 aliphatic heterocycles. The standard InChI is InChI=1S/C20H23NO4/c1-13-6-5-7-14(2)21(13)18(22)12-25-20(24)17-11-10-15-8-3-4-9-16(15)19(17)23/h3-4,8-11,13-14,23H,5-7,12H2,1-2H3/t13-,14-/m0/s1. The zero-order valence-electron chi connectivity index (χ0n) is 14.6. The van der Waals surface area contributed by atoms with Crippen LogP contribution in [0.25, 0.3) is 10.8 Å². The molecule has 0 saturated carbocycles. The van der Waals surface area contributed by atoms with Crippen LogP contribution in [0.2, 0.25) is 0 Å². The number of nitrogens with zero attached hydrogens (tertiary/aromatic N) is 1. The molecule has 1 saturated heterocycles. The molecule has 0 aromatic heterocycles. The Balaban J connectivity index is 1.70. The molecule has 132 valence electrons. The number of phenols is 1. The van der Waals surface area contributed by atoms with Crippen LogP contribution in [-0.2, 0) is 9.53 Å². The monoisotopic (exact) mass is 341 g/mol. The largest absolute Gasteiger partial charge is 0.506 e. The normalized spacial score (nSPS) is 20.5. The molecule has 1 fully saturated rings. The first-order valence-corrected chi connectivity index (χ1v) is 8.68. The van der Waals surface area contributed by atoms with Gasteiger partial charge in [-0.15, -0.1) is 0 Å². The van der Waals surface area contributed by atoms with Crippen LogP contribution in [0.4, 0.5) is 0 Å². The molecule has 2 aromatic rings. The number of phenolic OH excluding ortho intramolecular Hbond substituents is 1. The Kier molecular flexibility index (Phi) is 4.93. The number of carbonyl (C=O) groups is 2. The van der Waals surface area contributed by atoms with Gasteiger partial charge < -0.3 is 14.7 Å². The molecule has 0 unspecified atom stereocenters. The van der Waals surface area contributed by atoms with Gasteiger partial charge in [0, 0.05) is 17.5 Å². The van der Waals surface area contributed by atoms with Gasteiger partial charge in [0.15, 0.2) is 6.61 Å². The lowest BCUT2D eigenvalue weighted by Crippen LogP contribution is -2.49. The third kappa shape index (κ3) is 3.45. The van der Waals surface area contributed by atoms with Crippen molar-refractivity contribution < 1.29 is 19.4 Å². The van der Waals surface area contributed by atoms with Crippen molar-refractivity contribution in [2.24, 2.45) is 0 Å². The zero-order valence-corrected chi connectivity index (χ0v) is 14.6. The van der Waals surface area contributed by atoms with E-state index < -0.39 is 5.97 Å². The van der Waals surface area contributed by atoms with Gasteiger partial charge in [0.05, 0.1) is 0 Å². The molecular weight excluding hydrogens is 318 g/mol. The molecule has 2 aromatic carbocycles. The highest BCUT2D eigenvalue weighted by Gasteiger charge is 2.29. The lowest BCUT2D eigenvalue weighted by Gasteiger charge is -2.38. The van der Waals surface area contributed by atoms with Crippen LogP contribution < -0.4 is 0 Å². The summed E-state index contributed by atoms with van der Waals surface area (Å²) in [6.45, 7) is 3.73. The third-order valence-electron chi connectivity index (χ3n) is 4.93. The van der Waals surface area contributed by atoms with Crippen LogP contribution in [0.3, 0.4) is 0 Å². The van der Waals surface area contributed by atoms with Crippen molar-refractivity contribution in [1.29, 1.82) is 0 Å². The van der Waals surface area contributed by atoms with Crippen LogP contribution in [0, 0.1) is 0 Å². The van der Waals surface area contributed by atoms with E-state index in [9.17, 15) is 14.7 Å². The van der Waals surface area contributed by atoms with Gasteiger partial charge in [-0.25, -0.2) is 4.79 Å². The number of rotatable bonds is 3. The number of ether oxygens (including phenoxy) is 1. The van der Waals surface area contributed by atoms with Gasteiger partial charge in [-0.2, -0.15) is 0 Å². The van der Waals surface area contributed by atoms with Crippen molar-refractivity contribution in [2.45, 2.75) is 45.2 Å². The molecule has 2 atom stereocenters. The number of hydrogen-bond acceptors (Lipinski definition) is 4. The van der Waals surface area contributed by atoms with Gasteiger partial charge in [0.1, 0.15) is 11.3 Å². The molecule has 1 N–H and O–H groups in total. The van der Waals surface area contributed by atoms with E-state index in [0.29, 0.717) is 5.39 Å². The molecule has 3 rings (SSSR count). The second-order valence-electron chi connectivity index (χ2n) is 6.69. The topological polar surface area (TPSA) is 66.8 Å². The van der Waals surface area contributed by atoms with E-state index in [4.69, 9.17) is 4.74 Å². The van der Waals surface area contributed by atoms with Crippen molar-refractivity contribution in [1.82, 2.24) is 4.90 Å². The summed E-state index contributed by atoms with van der Waals surface area (Å²) in [5.41, 5.74) is 0.0752. The maximum absolute atomic E-state index is 12.4. The van der Waals surface area contributed by atoms with Gasteiger partial charge in [0.25, 0.3) is 5.91 Å². The number of hydrogen-bond donors (Lipinski definition) is 1. The van der Waals surface area contributed by atoms with Crippen molar-refractivity contribution in [2.75, 3.05) is 6.61 Å². The van der Waals surface area contributed by atoms with Crippen molar-refractivity contribution in [3.63, 3.8) is 0 Å². The molecule has 1 heterocycles. The highest BCUT2D eigenvalue weighted by molar-refractivity contribution is 6.01. The molecule has 1 amide bonds. The summed E-state index contributed by atoms with van der Waals surface area (Å²) < 4.78 is 5.18. The number of piperidine rings is 1. The number of aromatic hydroxyl groups is 1. The molecule has 5 nitrogen and oxygen atoms in total. The first kappa shape index (κ1) is 17.3. The molecule has 0 radical (unpaired) electrons. The van der Waals surface area contributed by atoms with E-state index in [2.05, 4.69) is 0 Å². The Hall–Kier alpha value is -2.56. The summed E-state index contributed by atoms with van der Waals surface area (Å²) in [4.78, 5) is 26.5. The molecule has 0 aliphatic carbocycles. The molecule has 0 bridgehead atoms. The second-order valence-corrected chi connectivity index (χ2v) is 6.69. The van der Waals surface area contributed by atoms with Crippen LogP contribution in [0.1, 0.15) is 43.5 Å². The molecule has 5 heteroatoms. The fourth-order valence-corrected chi connectivity index (χ4v) is 3.61. The molecule has 25 heavy (non-hydrogen) atoms. The van der Waals surface area contributed by atoms with Gasteiger partial charge >= 0.3 is 5.97 Å². The van der Waals surface area contributed by atoms with Crippen molar-refractivity contribution in [3.05, 3.63) is 42.0 Å². The van der Waals surface area contributed by atoms with Gasteiger partial charge in [-0.05, 0) is 44.6 Å². The predicted molar refractivity (Wildman–Crippen MR) is 95.5 cm³/mol. The van der Waals surface area contributed by atoms with Gasteiger partial charge in [-0.1, -0.05) is 30.3 Å². The Morgan fingerprint density at radius 3 is 2.52 bits per heavy atom. The highest BCUT2D eigenvalue weighted by atomic mass is 16.5. The van der Waals surface area contributed by atoms with E-state index >= 15 is 0 Å². The van der Waals surface area contributed by atoms with Gasteiger partial charge in [-0.3, -0.25) is 4.79 Å². The minimum Gasteiger partial charge on any atom is -0.506 e. The average Bonchev–Trinajstić information content (AvgIpc) is 2.60. The Bertz CT molecular complexity index is 791. The number of amides is 1. The minimum atomic E-state index is -0.686. The smallest absolute Gasteiger partial charge is 0.342 e. The van der Waals surface area contributed by atoms with E-state index in [0.717, 1.165) is 24.6 Å². The number of esters is 1.